The van der Waals surface area contributed by atoms with Crippen molar-refractivity contribution in [3.8, 4) is 5.69 Å². The van der Waals surface area contributed by atoms with E-state index in [4.69, 9.17) is 4.98 Å². The minimum atomic E-state index is -0.120. The molecular formula is C19H22N4OS. The first kappa shape index (κ1) is 16.4. The summed E-state index contributed by atoms with van der Waals surface area (Å²) in [5.41, 5.74) is 1.68. The molecule has 4 rings (SSSR count). The molecule has 0 spiro atoms. The van der Waals surface area contributed by atoms with Crippen LogP contribution in [0.5, 0.6) is 0 Å². The largest absolute Gasteiger partial charge is 0.301 e. The van der Waals surface area contributed by atoms with Crippen molar-refractivity contribution in [2.75, 3.05) is 7.05 Å². The summed E-state index contributed by atoms with van der Waals surface area (Å²) in [6.45, 7) is 4.48. The highest BCUT2D eigenvalue weighted by molar-refractivity contribution is 7.18. The zero-order valence-corrected chi connectivity index (χ0v) is 15.5. The van der Waals surface area contributed by atoms with Crippen LogP contribution in [0.4, 0.5) is 0 Å². The molecule has 2 heterocycles. The zero-order chi connectivity index (χ0) is 17.6. The van der Waals surface area contributed by atoms with E-state index in [1.165, 1.54) is 28.6 Å². The number of thiazole rings is 1. The Morgan fingerprint density at radius 1 is 1.28 bits per heavy atom. The van der Waals surface area contributed by atoms with Crippen LogP contribution < -0.4 is 5.56 Å². The first-order valence-corrected chi connectivity index (χ1v) is 9.51. The van der Waals surface area contributed by atoms with Crippen LogP contribution in [0.3, 0.4) is 0 Å². The molecule has 0 amide bonds. The third kappa shape index (κ3) is 3.00. The van der Waals surface area contributed by atoms with E-state index in [-0.39, 0.29) is 5.56 Å². The van der Waals surface area contributed by atoms with Crippen LogP contribution in [0, 0.1) is 0 Å². The van der Waals surface area contributed by atoms with Crippen LogP contribution in [0.15, 0.2) is 41.3 Å². The predicted molar refractivity (Wildman–Crippen MR) is 102 cm³/mol. The van der Waals surface area contributed by atoms with Crippen molar-refractivity contribution in [3.63, 3.8) is 0 Å². The Hall–Kier alpha value is -2.05. The highest BCUT2D eigenvalue weighted by Crippen LogP contribution is 2.42. The fourth-order valence-electron chi connectivity index (χ4n) is 3.33. The van der Waals surface area contributed by atoms with Gasteiger partial charge in [0.2, 0.25) is 0 Å². The Balaban J connectivity index is 1.58. The van der Waals surface area contributed by atoms with Crippen molar-refractivity contribution in [3.05, 3.63) is 51.9 Å². The second-order valence-corrected chi connectivity index (χ2v) is 8.12. The van der Waals surface area contributed by atoms with Gasteiger partial charge in [-0.1, -0.05) is 0 Å². The molecule has 2 aromatic heterocycles. The lowest BCUT2D eigenvalue weighted by molar-refractivity contribution is 0.108. The summed E-state index contributed by atoms with van der Waals surface area (Å²) < 4.78 is 2.54. The average Bonchev–Trinajstić information content (AvgIpc) is 2.96. The van der Waals surface area contributed by atoms with Crippen LogP contribution in [-0.2, 0) is 0 Å². The number of nitrogens with zero attached hydrogens (tertiary/aromatic N) is 4. The molecule has 0 bridgehead atoms. The second kappa shape index (κ2) is 6.35. The summed E-state index contributed by atoms with van der Waals surface area (Å²) in [4.78, 5) is 19.2. The van der Waals surface area contributed by atoms with E-state index in [1.54, 1.807) is 23.6 Å². The third-order valence-corrected chi connectivity index (χ3v) is 6.38. The normalized spacial score (nSPS) is 20.4. The molecule has 1 aromatic carbocycles. The lowest BCUT2D eigenvalue weighted by atomic mass is 9.79. The van der Waals surface area contributed by atoms with E-state index in [0.717, 1.165) is 15.9 Å². The van der Waals surface area contributed by atoms with E-state index in [1.807, 2.05) is 18.2 Å². The first-order chi connectivity index (χ1) is 12.0. The smallest absolute Gasteiger partial charge is 0.271 e. The number of hydrogen-bond acceptors (Lipinski definition) is 5. The maximum absolute atomic E-state index is 12.0. The summed E-state index contributed by atoms with van der Waals surface area (Å²) in [6, 6.07) is 10.3. The Morgan fingerprint density at radius 2 is 2.08 bits per heavy atom. The van der Waals surface area contributed by atoms with Crippen LogP contribution >= 0.6 is 11.3 Å². The second-order valence-electron chi connectivity index (χ2n) is 7.06. The van der Waals surface area contributed by atoms with E-state index in [0.29, 0.717) is 18.0 Å². The maximum Gasteiger partial charge on any atom is 0.271 e. The fourth-order valence-corrected chi connectivity index (χ4v) is 4.46. The van der Waals surface area contributed by atoms with Gasteiger partial charge in [0.15, 0.2) is 0 Å². The molecule has 3 aromatic rings. The van der Waals surface area contributed by atoms with Gasteiger partial charge in [-0.25, -0.2) is 4.98 Å². The van der Waals surface area contributed by atoms with E-state index in [9.17, 15) is 4.79 Å². The van der Waals surface area contributed by atoms with Gasteiger partial charge in [0, 0.05) is 30.3 Å². The van der Waals surface area contributed by atoms with Gasteiger partial charge in [0.25, 0.3) is 5.56 Å². The van der Waals surface area contributed by atoms with Crippen molar-refractivity contribution in [1.82, 2.24) is 19.7 Å². The number of fused-ring (bicyclic) bond motifs is 1. The molecule has 5 nitrogen and oxygen atoms in total. The van der Waals surface area contributed by atoms with Gasteiger partial charge in [-0.3, -0.25) is 4.79 Å². The van der Waals surface area contributed by atoms with E-state index >= 15 is 0 Å². The van der Waals surface area contributed by atoms with Gasteiger partial charge in [0.05, 0.1) is 20.9 Å². The SMILES string of the molecule is CC(C)N(C)C1CC(c2nc3ccc(-n4ncccc4=O)cc3s2)C1. The Kier molecular flexibility index (Phi) is 4.17. The molecule has 1 aliphatic carbocycles. The molecule has 0 saturated heterocycles. The van der Waals surface area contributed by atoms with E-state index < -0.39 is 0 Å². The van der Waals surface area contributed by atoms with Crippen molar-refractivity contribution in [1.29, 1.82) is 0 Å². The molecule has 0 aliphatic heterocycles. The molecule has 1 fully saturated rings. The molecule has 0 radical (unpaired) electrons. The van der Waals surface area contributed by atoms with Gasteiger partial charge in [0.1, 0.15) is 0 Å². The minimum absolute atomic E-state index is 0.120. The highest BCUT2D eigenvalue weighted by atomic mass is 32.1. The maximum atomic E-state index is 12.0. The molecule has 1 saturated carbocycles. The van der Waals surface area contributed by atoms with Crippen LogP contribution in [0.1, 0.15) is 37.6 Å². The lowest BCUT2D eigenvalue weighted by Gasteiger charge is -2.42. The van der Waals surface area contributed by atoms with E-state index in [2.05, 4.69) is 30.9 Å². The molecule has 0 N–H and O–H groups in total. The Morgan fingerprint density at radius 3 is 2.80 bits per heavy atom. The highest BCUT2D eigenvalue weighted by Gasteiger charge is 2.35. The van der Waals surface area contributed by atoms with Gasteiger partial charge in [-0.2, -0.15) is 9.78 Å². The standard InChI is InChI=1S/C19H22N4OS/c1-12(2)22(3)15-9-13(10-15)19-21-16-7-6-14(11-17(16)25-19)23-18(24)5-4-8-20-23/h4-8,11-13,15H,9-10H2,1-3H3. The van der Waals surface area contributed by atoms with Crippen LogP contribution in [0.25, 0.3) is 15.9 Å². The molecular weight excluding hydrogens is 332 g/mol. The molecule has 6 heteroatoms. The number of aromatic nitrogens is 3. The number of hydrogen-bond donors (Lipinski definition) is 0. The Bertz CT molecular complexity index is 955. The Labute approximate surface area is 150 Å². The minimum Gasteiger partial charge on any atom is -0.301 e. The topological polar surface area (TPSA) is 51.0 Å². The van der Waals surface area contributed by atoms with Gasteiger partial charge < -0.3 is 4.90 Å². The predicted octanol–water partition coefficient (Wildman–Crippen LogP) is 3.43. The van der Waals surface area contributed by atoms with Crippen LogP contribution in [-0.4, -0.2) is 38.8 Å². The zero-order valence-electron chi connectivity index (χ0n) is 14.7. The average molecular weight is 354 g/mol. The molecule has 25 heavy (non-hydrogen) atoms. The van der Waals surface area contributed by atoms with Crippen molar-refractivity contribution in [2.24, 2.45) is 0 Å². The molecule has 0 atom stereocenters. The van der Waals surface area contributed by atoms with Crippen molar-refractivity contribution < 1.29 is 0 Å². The summed E-state index contributed by atoms with van der Waals surface area (Å²) in [6.07, 6.45) is 3.99. The lowest BCUT2D eigenvalue weighted by Crippen LogP contribution is -2.44. The summed E-state index contributed by atoms with van der Waals surface area (Å²) in [7, 11) is 2.21. The molecule has 130 valence electrons. The summed E-state index contributed by atoms with van der Waals surface area (Å²) in [5.74, 6) is 0.560. The molecule has 0 unspecified atom stereocenters. The van der Waals surface area contributed by atoms with Gasteiger partial charge >= 0.3 is 0 Å². The molecule has 1 aliphatic rings. The fraction of sp³-hybridized carbons (Fsp3) is 0.421. The van der Waals surface area contributed by atoms with Crippen LogP contribution in [0.2, 0.25) is 0 Å². The summed E-state index contributed by atoms with van der Waals surface area (Å²) in [5, 5.41) is 5.37. The monoisotopic (exact) mass is 354 g/mol. The first-order valence-electron chi connectivity index (χ1n) is 8.70. The van der Waals surface area contributed by atoms with Crippen molar-refractivity contribution in [2.45, 2.75) is 44.7 Å². The number of rotatable bonds is 4. The van der Waals surface area contributed by atoms with Gasteiger partial charge in [-0.15, -0.1) is 11.3 Å². The number of benzene rings is 1. The summed E-state index contributed by atoms with van der Waals surface area (Å²) >= 11 is 1.75. The quantitative estimate of drug-likeness (QED) is 0.720. The van der Waals surface area contributed by atoms with Crippen molar-refractivity contribution >= 4 is 21.6 Å². The van der Waals surface area contributed by atoms with Gasteiger partial charge in [-0.05, 0) is 58.0 Å². The third-order valence-electron chi connectivity index (χ3n) is 5.20.